The molecule has 3 N–H and O–H groups in total. The lowest BCUT2D eigenvalue weighted by Gasteiger charge is -2.06. The van der Waals surface area contributed by atoms with E-state index in [0.29, 0.717) is 22.7 Å². The Labute approximate surface area is 131 Å². The number of nitrogens with zero attached hydrogens (tertiary/aromatic N) is 1. The molecule has 0 saturated heterocycles. The number of amides is 2. The zero-order valence-electron chi connectivity index (χ0n) is 12.0. The van der Waals surface area contributed by atoms with Crippen molar-refractivity contribution >= 4 is 34.7 Å². The van der Waals surface area contributed by atoms with Gasteiger partial charge in [-0.2, -0.15) is 0 Å². The molecule has 6 nitrogen and oxygen atoms in total. The van der Waals surface area contributed by atoms with Crippen LogP contribution < -0.4 is 11.1 Å². The fourth-order valence-electron chi connectivity index (χ4n) is 2.09. The Bertz CT molecular complexity index is 879. The van der Waals surface area contributed by atoms with Gasteiger partial charge in [0.15, 0.2) is 5.58 Å². The molecule has 23 heavy (non-hydrogen) atoms. The van der Waals surface area contributed by atoms with E-state index in [9.17, 15) is 9.59 Å². The van der Waals surface area contributed by atoms with Crippen LogP contribution in [-0.2, 0) is 4.79 Å². The van der Waals surface area contributed by atoms with Gasteiger partial charge in [-0.3, -0.25) is 9.59 Å². The van der Waals surface area contributed by atoms with Crippen molar-refractivity contribution in [2.75, 3.05) is 5.32 Å². The summed E-state index contributed by atoms with van der Waals surface area (Å²) < 4.78 is 5.48. The van der Waals surface area contributed by atoms with E-state index in [1.54, 1.807) is 30.3 Å². The number of benzene rings is 2. The molecule has 0 spiro atoms. The van der Waals surface area contributed by atoms with E-state index in [-0.39, 0.29) is 5.56 Å². The van der Waals surface area contributed by atoms with E-state index in [1.807, 2.05) is 18.2 Å². The van der Waals surface area contributed by atoms with Crippen molar-refractivity contribution in [2.45, 2.75) is 0 Å². The number of hydrogen-bond donors (Lipinski definition) is 2. The number of primary amides is 1. The van der Waals surface area contributed by atoms with Crippen LogP contribution in [0.2, 0.25) is 0 Å². The molecular formula is C17H13N3O3. The van der Waals surface area contributed by atoms with Crippen LogP contribution in [0.25, 0.3) is 17.2 Å². The number of fused-ring (bicyclic) bond motifs is 1. The lowest BCUT2D eigenvalue weighted by atomic mass is 10.1. The smallest absolute Gasteiger partial charge is 0.250 e. The van der Waals surface area contributed by atoms with Crippen LogP contribution in [0, 0.1) is 0 Å². The Hall–Kier alpha value is -3.41. The second-order valence-electron chi connectivity index (χ2n) is 4.75. The Morgan fingerprint density at radius 1 is 1.09 bits per heavy atom. The second-order valence-corrected chi connectivity index (χ2v) is 4.75. The van der Waals surface area contributed by atoms with Crippen LogP contribution in [0.1, 0.15) is 16.2 Å². The van der Waals surface area contributed by atoms with Gasteiger partial charge in [-0.15, -0.1) is 0 Å². The topological polar surface area (TPSA) is 98.2 Å². The van der Waals surface area contributed by atoms with Gasteiger partial charge < -0.3 is 15.5 Å². The molecule has 0 unspecified atom stereocenters. The quantitative estimate of drug-likeness (QED) is 0.724. The lowest BCUT2D eigenvalue weighted by molar-refractivity contribution is -0.111. The number of nitrogens with one attached hydrogen (secondary N) is 1. The number of carbonyl (C=O) groups is 2. The Morgan fingerprint density at radius 3 is 2.61 bits per heavy atom. The molecular weight excluding hydrogens is 294 g/mol. The fourth-order valence-corrected chi connectivity index (χ4v) is 2.09. The SMILES string of the molecule is NC(=O)c1ccccc1NC(=O)/C=C/c1nc2ccccc2o1. The van der Waals surface area contributed by atoms with Crippen LogP contribution in [0.15, 0.2) is 59.0 Å². The summed E-state index contributed by atoms with van der Waals surface area (Å²) in [7, 11) is 0. The summed E-state index contributed by atoms with van der Waals surface area (Å²) in [5.74, 6) is -0.700. The second kappa shape index (κ2) is 6.15. The molecule has 114 valence electrons. The van der Waals surface area contributed by atoms with Gasteiger partial charge in [0.1, 0.15) is 5.52 Å². The predicted molar refractivity (Wildman–Crippen MR) is 86.6 cm³/mol. The maximum atomic E-state index is 12.0. The van der Waals surface area contributed by atoms with Crippen LogP contribution >= 0.6 is 0 Å². The normalized spacial score (nSPS) is 11.0. The maximum absolute atomic E-state index is 12.0. The third-order valence-electron chi connectivity index (χ3n) is 3.14. The molecule has 1 heterocycles. The number of carbonyl (C=O) groups excluding carboxylic acids is 2. The van der Waals surface area contributed by atoms with Crippen LogP contribution in [0.5, 0.6) is 0 Å². The number of nitrogens with two attached hydrogens (primary N) is 1. The minimum atomic E-state index is -0.608. The molecule has 0 saturated carbocycles. The van der Waals surface area contributed by atoms with Gasteiger partial charge in [-0.25, -0.2) is 4.98 Å². The van der Waals surface area contributed by atoms with Gasteiger partial charge in [0, 0.05) is 12.2 Å². The van der Waals surface area contributed by atoms with E-state index in [2.05, 4.69) is 10.3 Å². The molecule has 3 rings (SSSR count). The zero-order valence-corrected chi connectivity index (χ0v) is 12.0. The van der Waals surface area contributed by atoms with E-state index < -0.39 is 11.8 Å². The highest BCUT2D eigenvalue weighted by Gasteiger charge is 2.09. The monoisotopic (exact) mass is 307 g/mol. The molecule has 0 atom stereocenters. The van der Waals surface area contributed by atoms with Crippen LogP contribution in [0.3, 0.4) is 0 Å². The van der Waals surface area contributed by atoms with Gasteiger partial charge in [-0.1, -0.05) is 24.3 Å². The first-order valence-electron chi connectivity index (χ1n) is 6.87. The first-order chi connectivity index (χ1) is 11.1. The van der Waals surface area contributed by atoms with E-state index >= 15 is 0 Å². The average molecular weight is 307 g/mol. The van der Waals surface area contributed by atoms with Crippen molar-refractivity contribution in [1.82, 2.24) is 4.98 Å². The molecule has 6 heteroatoms. The predicted octanol–water partition coefficient (Wildman–Crippen LogP) is 2.58. The van der Waals surface area contributed by atoms with Crippen LogP contribution in [0.4, 0.5) is 5.69 Å². The van der Waals surface area contributed by atoms with Crippen molar-refractivity contribution in [2.24, 2.45) is 5.73 Å². The third-order valence-corrected chi connectivity index (χ3v) is 3.14. The summed E-state index contributed by atoms with van der Waals surface area (Å²) >= 11 is 0. The minimum Gasteiger partial charge on any atom is -0.437 e. The molecule has 0 bridgehead atoms. The van der Waals surface area contributed by atoms with Gasteiger partial charge in [-0.05, 0) is 24.3 Å². The first-order valence-corrected chi connectivity index (χ1v) is 6.87. The third kappa shape index (κ3) is 3.26. The van der Waals surface area contributed by atoms with Crippen molar-refractivity contribution < 1.29 is 14.0 Å². The summed E-state index contributed by atoms with van der Waals surface area (Å²) in [5.41, 5.74) is 7.22. The van der Waals surface area contributed by atoms with Crippen molar-refractivity contribution in [3.05, 3.63) is 66.1 Å². The lowest BCUT2D eigenvalue weighted by Crippen LogP contribution is -2.16. The van der Waals surface area contributed by atoms with Crippen molar-refractivity contribution in [3.63, 3.8) is 0 Å². The van der Waals surface area contributed by atoms with E-state index in [0.717, 1.165) is 0 Å². The van der Waals surface area contributed by atoms with Gasteiger partial charge in [0.05, 0.1) is 11.3 Å². The average Bonchev–Trinajstić information content (AvgIpc) is 2.96. The molecule has 0 radical (unpaired) electrons. The number of aromatic nitrogens is 1. The Balaban J connectivity index is 1.75. The molecule has 0 aliphatic heterocycles. The molecule has 1 aromatic heterocycles. The van der Waals surface area contributed by atoms with E-state index in [4.69, 9.17) is 10.2 Å². The maximum Gasteiger partial charge on any atom is 0.250 e. The molecule has 2 amide bonds. The highest BCUT2D eigenvalue weighted by molar-refractivity contribution is 6.07. The largest absolute Gasteiger partial charge is 0.437 e. The number of hydrogen-bond acceptors (Lipinski definition) is 4. The highest BCUT2D eigenvalue weighted by Crippen LogP contribution is 2.16. The summed E-state index contributed by atoms with van der Waals surface area (Å²) in [5, 5.41) is 2.60. The van der Waals surface area contributed by atoms with Gasteiger partial charge in [0.25, 0.3) is 5.91 Å². The summed E-state index contributed by atoms with van der Waals surface area (Å²) in [6.07, 6.45) is 2.74. The molecule has 0 aliphatic carbocycles. The molecule has 0 fully saturated rings. The fraction of sp³-hybridized carbons (Fsp3) is 0. The summed E-state index contributed by atoms with van der Waals surface area (Å²) in [6.45, 7) is 0. The standard InChI is InChI=1S/C17H13N3O3/c18-17(22)11-5-1-2-6-12(11)19-15(21)9-10-16-20-13-7-3-4-8-14(13)23-16/h1-10H,(H2,18,22)(H,19,21)/b10-9+. The summed E-state index contributed by atoms with van der Waals surface area (Å²) in [6, 6.07) is 13.8. The summed E-state index contributed by atoms with van der Waals surface area (Å²) in [4.78, 5) is 27.5. The molecule has 2 aromatic carbocycles. The molecule has 3 aromatic rings. The molecule has 0 aliphatic rings. The number of rotatable bonds is 4. The van der Waals surface area contributed by atoms with Crippen molar-refractivity contribution in [3.8, 4) is 0 Å². The van der Waals surface area contributed by atoms with Crippen LogP contribution in [-0.4, -0.2) is 16.8 Å². The minimum absolute atomic E-state index is 0.246. The van der Waals surface area contributed by atoms with Gasteiger partial charge >= 0.3 is 0 Å². The van der Waals surface area contributed by atoms with Crippen molar-refractivity contribution in [1.29, 1.82) is 0 Å². The first kappa shape index (κ1) is 14.5. The number of oxazole rings is 1. The highest BCUT2D eigenvalue weighted by atomic mass is 16.3. The Kier molecular flexibility index (Phi) is 3.88. The van der Waals surface area contributed by atoms with Gasteiger partial charge in [0.2, 0.25) is 11.8 Å². The number of anilines is 1. The zero-order chi connectivity index (χ0) is 16.2. The number of para-hydroxylation sites is 3. The Morgan fingerprint density at radius 2 is 1.83 bits per heavy atom. The van der Waals surface area contributed by atoms with E-state index in [1.165, 1.54) is 12.2 Å².